The Bertz CT molecular complexity index is 443. The Morgan fingerprint density at radius 1 is 1.39 bits per heavy atom. The summed E-state index contributed by atoms with van der Waals surface area (Å²) in [7, 11) is 1.56. The third-order valence-corrected chi connectivity index (χ3v) is 2.44. The number of nitrogens with one attached hydrogen (secondary N) is 1. The molecule has 0 heterocycles. The number of rotatable bonds is 6. The van der Waals surface area contributed by atoms with Crippen LogP contribution in [0.15, 0.2) is 18.2 Å². The Labute approximate surface area is 106 Å². The van der Waals surface area contributed by atoms with E-state index >= 15 is 0 Å². The molecule has 0 bridgehead atoms. The van der Waals surface area contributed by atoms with E-state index in [4.69, 9.17) is 9.84 Å². The normalized spacial score (nSPS) is 9.89. The van der Waals surface area contributed by atoms with Gasteiger partial charge in [0.2, 0.25) is 5.91 Å². The number of hydrogen-bond acceptors (Lipinski definition) is 3. The van der Waals surface area contributed by atoms with E-state index in [1.807, 2.05) is 6.07 Å². The number of amides is 1. The van der Waals surface area contributed by atoms with Gasteiger partial charge in [0.05, 0.1) is 7.11 Å². The highest BCUT2D eigenvalue weighted by Crippen LogP contribution is 2.24. The maximum Gasteiger partial charge on any atom is 0.303 e. The third-order valence-electron chi connectivity index (χ3n) is 2.44. The number of aryl methyl sites for hydroxylation is 1. The van der Waals surface area contributed by atoms with E-state index < -0.39 is 5.97 Å². The lowest BCUT2D eigenvalue weighted by Crippen LogP contribution is -2.06. The number of carboxylic acid groups (broad SMARTS) is 1. The molecule has 0 aromatic heterocycles. The van der Waals surface area contributed by atoms with Crippen LogP contribution in [0.4, 0.5) is 5.69 Å². The number of aliphatic carboxylic acids is 1. The lowest BCUT2D eigenvalue weighted by atomic mass is 10.1. The van der Waals surface area contributed by atoms with Gasteiger partial charge in [-0.05, 0) is 36.6 Å². The fraction of sp³-hybridized carbons (Fsp3) is 0.385. The summed E-state index contributed by atoms with van der Waals surface area (Å²) in [5, 5.41) is 11.3. The average molecular weight is 251 g/mol. The van der Waals surface area contributed by atoms with Gasteiger partial charge in [-0.1, -0.05) is 0 Å². The van der Waals surface area contributed by atoms with Crippen molar-refractivity contribution in [3.63, 3.8) is 0 Å². The molecule has 0 aliphatic heterocycles. The fourth-order valence-corrected chi connectivity index (χ4v) is 1.69. The molecular weight excluding hydrogens is 234 g/mol. The second-order valence-corrected chi connectivity index (χ2v) is 3.96. The largest absolute Gasteiger partial charge is 0.496 e. The van der Waals surface area contributed by atoms with Crippen LogP contribution in [0, 0.1) is 0 Å². The highest BCUT2D eigenvalue weighted by Gasteiger charge is 2.06. The van der Waals surface area contributed by atoms with Crippen LogP contribution in [-0.2, 0) is 16.0 Å². The molecule has 1 aromatic rings. The number of ether oxygens (including phenoxy) is 1. The van der Waals surface area contributed by atoms with E-state index in [-0.39, 0.29) is 12.3 Å². The number of carbonyl (C=O) groups excluding carboxylic acids is 1. The lowest BCUT2D eigenvalue weighted by Gasteiger charge is -2.10. The first-order chi connectivity index (χ1) is 8.52. The predicted octanol–water partition coefficient (Wildman–Crippen LogP) is 2.06. The van der Waals surface area contributed by atoms with E-state index in [2.05, 4.69) is 5.32 Å². The highest BCUT2D eigenvalue weighted by atomic mass is 16.5. The molecule has 0 fully saturated rings. The first-order valence-electron chi connectivity index (χ1n) is 5.69. The number of anilines is 1. The summed E-state index contributed by atoms with van der Waals surface area (Å²) < 4.78 is 5.20. The molecule has 0 atom stereocenters. The van der Waals surface area contributed by atoms with E-state index in [9.17, 15) is 9.59 Å². The molecule has 5 heteroatoms. The Morgan fingerprint density at radius 3 is 2.67 bits per heavy atom. The zero-order chi connectivity index (χ0) is 13.5. The van der Waals surface area contributed by atoms with Gasteiger partial charge in [-0.25, -0.2) is 0 Å². The van der Waals surface area contributed by atoms with Gasteiger partial charge in [-0.15, -0.1) is 0 Å². The minimum atomic E-state index is -0.813. The van der Waals surface area contributed by atoms with Gasteiger partial charge in [0.15, 0.2) is 0 Å². The van der Waals surface area contributed by atoms with Gasteiger partial charge in [-0.2, -0.15) is 0 Å². The van der Waals surface area contributed by atoms with Crippen LogP contribution >= 0.6 is 0 Å². The first kappa shape index (κ1) is 14.0. The van der Waals surface area contributed by atoms with Crippen molar-refractivity contribution in [3.8, 4) is 5.75 Å². The maximum absolute atomic E-state index is 11.0. The van der Waals surface area contributed by atoms with Crippen molar-refractivity contribution in [3.05, 3.63) is 23.8 Å². The monoisotopic (exact) mass is 251 g/mol. The minimum absolute atomic E-state index is 0.119. The van der Waals surface area contributed by atoms with Crippen molar-refractivity contribution < 1.29 is 19.4 Å². The zero-order valence-corrected chi connectivity index (χ0v) is 10.5. The van der Waals surface area contributed by atoms with Crippen LogP contribution in [0.5, 0.6) is 5.75 Å². The Kier molecular flexibility index (Phi) is 5.17. The molecule has 0 spiro atoms. The van der Waals surface area contributed by atoms with Gasteiger partial charge in [0.25, 0.3) is 0 Å². The molecule has 2 N–H and O–H groups in total. The molecule has 0 saturated carbocycles. The van der Waals surface area contributed by atoms with Crippen molar-refractivity contribution >= 4 is 17.6 Å². The second-order valence-electron chi connectivity index (χ2n) is 3.96. The number of methoxy groups -OCH3 is 1. The smallest absolute Gasteiger partial charge is 0.303 e. The summed E-state index contributed by atoms with van der Waals surface area (Å²) in [6, 6.07) is 5.32. The van der Waals surface area contributed by atoms with E-state index in [0.717, 1.165) is 5.56 Å². The summed E-state index contributed by atoms with van der Waals surface area (Å²) in [5.74, 6) is -0.252. The van der Waals surface area contributed by atoms with Crippen molar-refractivity contribution in [1.82, 2.24) is 0 Å². The molecule has 1 aromatic carbocycles. The molecule has 0 aliphatic rings. The lowest BCUT2D eigenvalue weighted by molar-refractivity contribution is -0.137. The molecule has 18 heavy (non-hydrogen) atoms. The highest BCUT2D eigenvalue weighted by molar-refractivity contribution is 5.88. The fourth-order valence-electron chi connectivity index (χ4n) is 1.69. The van der Waals surface area contributed by atoms with Crippen LogP contribution < -0.4 is 10.1 Å². The molecule has 0 unspecified atom stereocenters. The van der Waals surface area contributed by atoms with Crippen molar-refractivity contribution in [2.75, 3.05) is 12.4 Å². The van der Waals surface area contributed by atoms with Gasteiger partial charge < -0.3 is 15.2 Å². The summed E-state index contributed by atoms with van der Waals surface area (Å²) >= 11 is 0. The van der Waals surface area contributed by atoms with E-state index in [1.165, 1.54) is 6.92 Å². The molecule has 0 aliphatic carbocycles. The van der Waals surface area contributed by atoms with Crippen molar-refractivity contribution in [2.45, 2.75) is 26.2 Å². The van der Waals surface area contributed by atoms with Crippen LogP contribution in [0.3, 0.4) is 0 Å². The third kappa shape index (κ3) is 4.45. The standard InChI is InChI=1S/C13H17NO4/c1-9(15)14-11-6-7-12(18-2)10(8-11)4-3-5-13(16)17/h6-8H,3-5H2,1-2H3,(H,14,15)(H,16,17). The Hall–Kier alpha value is -2.04. The van der Waals surface area contributed by atoms with E-state index in [1.54, 1.807) is 19.2 Å². The van der Waals surface area contributed by atoms with Crippen molar-refractivity contribution in [2.24, 2.45) is 0 Å². The van der Waals surface area contributed by atoms with Crippen LogP contribution in [0.2, 0.25) is 0 Å². The molecule has 98 valence electrons. The van der Waals surface area contributed by atoms with Crippen molar-refractivity contribution in [1.29, 1.82) is 0 Å². The Morgan fingerprint density at radius 2 is 2.11 bits per heavy atom. The van der Waals surface area contributed by atoms with Gasteiger partial charge in [-0.3, -0.25) is 9.59 Å². The summed E-state index contributed by atoms with van der Waals surface area (Å²) in [4.78, 5) is 21.4. The molecular formula is C13H17NO4. The molecule has 5 nitrogen and oxygen atoms in total. The maximum atomic E-state index is 11.0. The predicted molar refractivity (Wildman–Crippen MR) is 67.9 cm³/mol. The number of benzene rings is 1. The zero-order valence-electron chi connectivity index (χ0n) is 10.5. The SMILES string of the molecule is COc1ccc(NC(C)=O)cc1CCCC(=O)O. The second kappa shape index (κ2) is 6.64. The summed E-state index contributed by atoms with van der Waals surface area (Å²) in [5.41, 5.74) is 1.58. The molecule has 0 saturated heterocycles. The quantitative estimate of drug-likeness (QED) is 0.811. The van der Waals surface area contributed by atoms with Gasteiger partial charge >= 0.3 is 5.97 Å². The molecule has 0 radical (unpaired) electrons. The summed E-state index contributed by atoms with van der Waals surface area (Å²) in [6.07, 6.45) is 1.26. The van der Waals surface area contributed by atoms with Crippen LogP contribution in [0.1, 0.15) is 25.3 Å². The van der Waals surface area contributed by atoms with Crippen LogP contribution in [-0.4, -0.2) is 24.1 Å². The van der Waals surface area contributed by atoms with E-state index in [0.29, 0.717) is 24.3 Å². The molecule has 1 rings (SSSR count). The number of hydrogen-bond donors (Lipinski definition) is 2. The Balaban J connectivity index is 2.78. The van der Waals surface area contributed by atoms with Gasteiger partial charge in [0.1, 0.15) is 5.75 Å². The summed E-state index contributed by atoms with van der Waals surface area (Å²) in [6.45, 7) is 1.44. The van der Waals surface area contributed by atoms with Gasteiger partial charge in [0, 0.05) is 19.0 Å². The first-order valence-corrected chi connectivity index (χ1v) is 5.69. The topological polar surface area (TPSA) is 75.6 Å². The number of carbonyl (C=O) groups is 2. The van der Waals surface area contributed by atoms with Crippen LogP contribution in [0.25, 0.3) is 0 Å². The minimum Gasteiger partial charge on any atom is -0.496 e. The average Bonchev–Trinajstić information content (AvgIpc) is 2.28. The number of carboxylic acids is 1. The molecule has 1 amide bonds.